The summed E-state index contributed by atoms with van der Waals surface area (Å²) in [6.45, 7) is 8.66. The highest BCUT2D eigenvalue weighted by Gasteiger charge is 2.48. The van der Waals surface area contributed by atoms with E-state index in [1.54, 1.807) is 12.1 Å². The molecule has 0 spiro atoms. The fourth-order valence-electron chi connectivity index (χ4n) is 4.94. The normalized spacial score (nSPS) is 25.6. The van der Waals surface area contributed by atoms with Crippen molar-refractivity contribution >= 4 is 11.6 Å². The summed E-state index contributed by atoms with van der Waals surface area (Å²) in [4.78, 5) is 15.4. The van der Waals surface area contributed by atoms with Gasteiger partial charge >= 0.3 is 0 Å². The minimum atomic E-state index is -0.322. The van der Waals surface area contributed by atoms with Crippen LogP contribution in [0.5, 0.6) is 0 Å². The zero-order valence-corrected chi connectivity index (χ0v) is 17.5. The number of fused-ring (bicyclic) bond motifs is 3. The van der Waals surface area contributed by atoms with E-state index in [0.29, 0.717) is 11.5 Å². The number of carbonyl (C=O) groups excluding carboxylic acids is 1. The number of ether oxygens (including phenoxy) is 1. The van der Waals surface area contributed by atoms with Crippen LogP contribution in [0, 0.1) is 12.7 Å². The second-order valence-electron chi connectivity index (χ2n) is 8.65. The molecule has 3 atom stereocenters. The Morgan fingerprint density at radius 2 is 2.00 bits per heavy atom. The molecule has 1 fully saturated rings. The van der Waals surface area contributed by atoms with E-state index in [0.717, 1.165) is 49.4 Å². The SMILES string of the molecule is CCOCC[N+]1(C)CC[C@@H]2[C@@H](C1)c1cc(C)ccc1N2C(=O)c1ccc(F)cc1. The fraction of sp³-hybridized carbons (Fsp3) is 0.458. The van der Waals surface area contributed by atoms with Crippen molar-refractivity contribution in [1.29, 1.82) is 0 Å². The number of likely N-dealkylation sites (tertiary alicyclic amines) is 1. The number of quaternary nitrogens is 1. The minimum Gasteiger partial charge on any atom is -0.376 e. The Bertz CT molecular complexity index is 898. The van der Waals surface area contributed by atoms with Crippen LogP contribution in [0.4, 0.5) is 10.1 Å². The van der Waals surface area contributed by atoms with Crippen LogP contribution in [0.2, 0.25) is 0 Å². The molecule has 29 heavy (non-hydrogen) atoms. The van der Waals surface area contributed by atoms with E-state index in [1.807, 2.05) is 11.8 Å². The molecule has 1 saturated heterocycles. The standard InChI is InChI=1S/C24H30FN2O2/c1-4-29-14-13-27(3)12-11-23-21(16-27)20-15-17(2)5-10-22(20)26(23)24(28)18-6-8-19(25)9-7-18/h5-10,15,21,23H,4,11-14,16H2,1-3H3/q+1/t21-,23+,27?/m0/s1. The van der Waals surface area contributed by atoms with Crippen molar-refractivity contribution in [2.45, 2.75) is 32.2 Å². The van der Waals surface area contributed by atoms with Crippen LogP contribution in [0.25, 0.3) is 0 Å². The Balaban J connectivity index is 1.66. The highest BCUT2D eigenvalue weighted by atomic mass is 19.1. The lowest BCUT2D eigenvalue weighted by atomic mass is 9.87. The molecule has 0 aromatic heterocycles. The van der Waals surface area contributed by atoms with Gasteiger partial charge in [-0.25, -0.2) is 4.39 Å². The molecule has 4 nitrogen and oxygen atoms in total. The number of nitrogens with zero attached hydrogens (tertiary/aromatic N) is 2. The lowest BCUT2D eigenvalue weighted by Crippen LogP contribution is -2.57. The van der Waals surface area contributed by atoms with Gasteiger partial charge in [0.25, 0.3) is 5.91 Å². The van der Waals surface area contributed by atoms with Crippen LogP contribution in [0.1, 0.15) is 40.7 Å². The number of amides is 1. The van der Waals surface area contributed by atoms with Gasteiger partial charge in [-0.1, -0.05) is 17.7 Å². The molecule has 4 rings (SSSR count). The molecule has 5 heteroatoms. The summed E-state index contributed by atoms with van der Waals surface area (Å²) in [7, 11) is 2.30. The number of piperidine rings is 1. The summed E-state index contributed by atoms with van der Waals surface area (Å²) in [5, 5.41) is 0. The van der Waals surface area contributed by atoms with Crippen LogP contribution in [0.15, 0.2) is 42.5 Å². The number of rotatable bonds is 5. The Hall–Kier alpha value is -2.24. The predicted molar refractivity (Wildman–Crippen MR) is 113 cm³/mol. The summed E-state index contributed by atoms with van der Waals surface area (Å²) >= 11 is 0. The van der Waals surface area contributed by atoms with Gasteiger partial charge in [0.1, 0.15) is 12.4 Å². The quantitative estimate of drug-likeness (QED) is 0.561. The lowest BCUT2D eigenvalue weighted by Gasteiger charge is -2.44. The number of hydrogen-bond donors (Lipinski definition) is 0. The van der Waals surface area contributed by atoms with E-state index < -0.39 is 0 Å². The van der Waals surface area contributed by atoms with Crippen molar-refractivity contribution in [3.05, 3.63) is 65.0 Å². The molecule has 154 valence electrons. The Kier molecular flexibility index (Phi) is 5.45. The molecular weight excluding hydrogens is 367 g/mol. The molecule has 0 aliphatic carbocycles. The van der Waals surface area contributed by atoms with E-state index in [9.17, 15) is 9.18 Å². The first-order valence-corrected chi connectivity index (χ1v) is 10.5. The highest BCUT2D eigenvalue weighted by Crippen LogP contribution is 2.46. The van der Waals surface area contributed by atoms with Crippen molar-refractivity contribution in [3.63, 3.8) is 0 Å². The van der Waals surface area contributed by atoms with Crippen molar-refractivity contribution in [2.24, 2.45) is 0 Å². The number of aryl methyl sites for hydroxylation is 1. The summed E-state index contributed by atoms with van der Waals surface area (Å²) < 4.78 is 19.9. The van der Waals surface area contributed by atoms with Crippen LogP contribution in [0.3, 0.4) is 0 Å². The molecule has 0 radical (unpaired) electrons. The Morgan fingerprint density at radius 3 is 2.72 bits per heavy atom. The third kappa shape index (κ3) is 3.81. The largest absolute Gasteiger partial charge is 0.376 e. The second-order valence-corrected chi connectivity index (χ2v) is 8.65. The average molecular weight is 398 g/mol. The maximum Gasteiger partial charge on any atom is 0.258 e. The Labute approximate surface area is 172 Å². The van der Waals surface area contributed by atoms with Gasteiger partial charge in [0, 0.05) is 24.3 Å². The molecule has 2 aromatic carbocycles. The molecule has 1 unspecified atom stereocenters. The third-order valence-electron chi connectivity index (χ3n) is 6.53. The molecule has 0 N–H and O–H groups in total. The van der Waals surface area contributed by atoms with Crippen LogP contribution in [-0.4, -0.2) is 56.3 Å². The number of carbonyl (C=O) groups is 1. The van der Waals surface area contributed by atoms with Gasteiger partial charge in [0.05, 0.1) is 38.7 Å². The Morgan fingerprint density at radius 1 is 1.24 bits per heavy atom. The van der Waals surface area contributed by atoms with Crippen molar-refractivity contribution in [2.75, 3.05) is 44.8 Å². The summed E-state index contributed by atoms with van der Waals surface area (Å²) in [6, 6.07) is 12.4. The van der Waals surface area contributed by atoms with E-state index in [4.69, 9.17) is 4.74 Å². The maximum absolute atomic E-state index is 13.4. The number of benzene rings is 2. The third-order valence-corrected chi connectivity index (χ3v) is 6.53. The lowest BCUT2D eigenvalue weighted by molar-refractivity contribution is -0.915. The van der Waals surface area contributed by atoms with Crippen molar-refractivity contribution < 1.29 is 18.4 Å². The van der Waals surface area contributed by atoms with Crippen molar-refractivity contribution in [3.8, 4) is 0 Å². The van der Waals surface area contributed by atoms with Gasteiger partial charge in [-0.05, 0) is 49.7 Å². The summed E-state index contributed by atoms with van der Waals surface area (Å²) in [5.41, 5.74) is 4.04. The van der Waals surface area contributed by atoms with E-state index in [2.05, 4.69) is 32.2 Å². The van der Waals surface area contributed by atoms with Gasteiger partial charge in [0.15, 0.2) is 0 Å². The molecule has 2 heterocycles. The number of hydrogen-bond acceptors (Lipinski definition) is 2. The molecule has 2 aliphatic heterocycles. The predicted octanol–water partition coefficient (Wildman–Crippen LogP) is 4.13. The fourth-order valence-corrected chi connectivity index (χ4v) is 4.94. The first-order chi connectivity index (χ1) is 13.9. The molecule has 0 saturated carbocycles. The molecule has 2 aromatic rings. The summed E-state index contributed by atoms with van der Waals surface area (Å²) in [6.07, 6.45) is 0.952. The zero-order chi connectivity index (χ0) is 20.6. The smallest absolute Gasteiger partial charge is 0.258 e. The van der Waals surface area contributed by atoms with Crippen molar-refractivity contribution in [1.82, 2.24) is 0 Å². The molecule has 2 aliphatic rings. The molecule has 0 bridgehead atoms. The first kappa shape index (κ1) is 20.0. The first-order valence-electron chi connectivity index (χ1n) is 10.5. The van der Waals surface area contributed by atoms with E-state index in [1.165, 1.54) is 23.3 Å². The van der Waals surface area contributed by atoms with Gasteiger partial charge in [-0.2, -0.15) is 0 Å². The van der Waals surface area contributed by atoms with Crippen LogP contribution < -0.4 is 4.90 Å². The van der Waals surface area contributed by atoms with Gasteiger partial charge in [-0.3, -0.25) is 4.79 Å². The van der Waals surface area contributed by atoms with Crippen LogP contribution >= 0.6 is 0 Å². The minimum absolute atomic E-state index is 0.0342. The summed E-state index contributed by atoms with van der Waals surface area (Å²) in [5.74, 6) is -0.0420. The van der Waals surface area contributed by atoms with E-state index in [-0.39, 0.29) is 17.8 Å². The number of likely N-dealkylation sites (N-methyl/N-ethyl adjacent to an activating group) is 1. The van der Waals surface area contributed by atoms with Gasteiger partial charge < -0.3 is 14.1 Å². The second kappa shape index (κ2) is 7.88. The number of halogens is 1. The average Bonchev–Trinajstić information content (AvgIpc) is 3.01. The topological polar surface area (TPSA) is 29.5 Å². The van der Waals surface area contributed by atoms with E-state index >= 15 is 0 Å². The highest BCUT2D eigenvalue weighted by molar-refractivity contribution is 6.08. The zero-order valence-electron chi connectivity index (χ0n) is 17.5. The molecular formula is C24H30FN2O2+. The van der Waals surface area contributed by atoms with Gasteiger partial charge in [-0.15, -0.1) is 0 Å². The number of anilines is 1. The monoisotopic (exact) mass is 397 g/mol. The van der Waals surface area contributed by atoms with Crippen LogP contribution in [-0.2, 0) is 4.74 Å². The molecule has 1 amide bonds. The maximum atomic E-state index is 13.4. The van der Waals surface area contributed by atoms with Gasteiger partial charge in [0.2, 0.25) is 0 Å².